The molecule has 0 saturated carbocycles. The zero-order chi connectivity index (χ0) is 25.5. The van der Waals surface area contributed by atoms with E-state index in [-0.39, 0.29) is 29.4 Å². The fourth-order valence-corrected chi connectivity index (χ4v) is 3.62. The van der Waals surface area contributed by atoms with Gasteiger partial charge in [-0.05, 0) is 59.2 Å². The number of allylic oxidation sites excluding steroid dienone is 2. The van der Waals surface area contributed by atoms with Gasteiger partial charge in [0.05, 0.1) is 17.7 Å². The number of ether oxygens (including phenoxy) is 1. The Balaban J connectivity index is 1.40. The Labute approximate surface area is 208 Å². The van der Waals surface area contributed by atoms with Crippen LogP contribution >= 0.6 is 0 Å². The van der Waals surface area contributed by atoms with Crippen LogP contribution in [0.3, 0.4) is 0 Å². The highest BCUT2D eigenvalue weighted by atomic mass is 16.5. The summed E-state index contributed by atoms with van der Waals surface area (Å²) in [6, 6.07) is 20.7. The van der Waals surface area contributed by atoms with E-state index in [0.717, 1.165) is 17.2 Å². The molecule has 0 spiro atoms. The molecule has 1 heterocycles. The number of carbonyl (C=O) groups is 3. The SMILES string of the molecule is CCC=CC(=O)c1ccc2cc(Oc3ccc(CC(=O)Nc4ccccc4C(=O)O)cn3)ccc2c1. The smallest absolute Gasteiger partial charge is 0.337 e. The summed E-state index contributed by atoms with van der Waals surface area (Å²) in [6.07, 6.45) is 5.81. The van der Waals surface area contributed by atoms with Crippen LogP contribution in [-0.4, -0.2) is 27.8 Å². The van der Waals surface area contributed by atoms with E-state index in [1.807, 2.05) is 37.3 Å². The van der Waals surface area contributed by atoms with Crippen molar-refractivity contribution < 1.29 is 24.2 Å². The van der Waals surface area contributed by atoms with Crippen LogP contribution in [0.25, 0.3) is 10.8 Å². The number of benzene rings is 3. The summed E-state index contributed by atoms with van der Waals surface area (Å²) in [5.74, 6) is -0.525. The van der Waals surface area contributed by atoms with Crippen molar-refractivity contribution in [2.45, 2.75) is 19.8 Å². The number of nitrogens with zero attached hydrogens (tertiary/aromatic N) is 1. The van der Waals surface area contributed by atoms with Gasteiger partial charge in [-0.25, -0.2) is 9.78 Å². The number of pyridine rings is 1. The molecule has 3 aromatic carbocycles. The highest BCUT2D eigenvalue weighted by Gasteiger charge is 2.12. The van der Waals surface area contributed by atoms with Gasteiger partial charge in [0.15, 0.2) is 5.78 Å². The highest BCUT2D eigenvalue weighted by molar-refractivity contribution is 6.06. The van der Waals surface area contributed by atoms with Gasteiger partial charge in [0.25, 0.3) is 0 Å². The van der Waals surface area contributed by atoms with Crippen LogP contribution in [-0.2, 0) is 11.2 Å². The number of rotatable bonds is 9. The third-order valence-electron chi connectivity index (χ3n) is 5.42. The average molecular weight is 481 g/mol. The molecule has 0 aliphatic carbocycles. The minimum absolute atomic E-state index is 0.0249. The van der Waals surface area contributed by atoms with Crippen LogP contribution in [0.15, 0.2) is 91.1 Å². The molecular formula is C29H24N2O5. The second-order valence-corrected chi connectivity index (χ2v) is 8.08. The van der Waals surface area contributed by atoms with Gasteiger partial charge >= 0.3 is 5.97 Å². The number of para-hydroxylation sites is 1. The Morgan fingerprint density at radius 1 is 0.972 bits per heavy atom. The first-order valence-electron chi connectivity index (χ1n) is 11.4. The highest BCUT2D eigenvalue weighted by Crippen LogP contribution is 2.26. The fraction of sp³-hybridized carbons (Fsp3) is 0.103. The number of carboxylic acid groups (broad SMARTS) is 1. The molecule has 4 rings (SSSR count). The summed E-state index contributed by atoms with van der Waals surface area (Å²) in [5.41, 5.74) is 1.56. The maximum atomic E-state index is 12.4. The van der Waals surface area contributed by atoms with Crippen LogP contribution in [0.5, 0.6) is 11.6 Å². The molecule has 0 unspecified atom stereocenters. The first-order chi connectivity index (χ1) is 17.4. The second kappa shape index (κ2) is 11.1. The first kappa shape index (κ1) is 24.3. The molecule has 0 aliphatic heterocycles. The molecule has 0 saturated heterocycles. The molecule has 0 atom stereocenters. The topological polar surface area (TPSA) is 106 Å². The van der Waals surface area contributed by atoms with E-state index in [2.05, 4.69) is 10.3 Å². The normalized spacial score (nSPS) is 10.9. The fourth-order valence-electron chi connectivity index (χ4n) is 3.62. The zero-order valence-electron chi connectivity index (χ0n) is 19.6. The van der Waals surface area contributed by atoms with Gasteiger partial charge in [-0.2, -0.15) is 0 Å². The number of carboxylic acids is 1. The van der Waals surface area contributed by atoms with E-state index in [9.17, 15) is 19.5 Å². The Bertz CT molecular complexity index is 1460. The maximum absolute atomic E-state index is 12.4. The number of ketones is 1. The number of carbonyl (C=O) groups excluding carboxylic acids is 2. The van der Waals surface area contributed by atoms with Crippen molar-refractivity contribution in [2.24, 2.45) is 0 Å². The van der Waals surface area contributed by atoms with Crippen LogP contribution < -0.4 is 10.1 Å². The summed E-state index contributed by atoms with van der Waals surface area (Å²) in [5, 5.41) is 13.7. The molecule has 0 bridgehead atoms. The molecule has 4 aromatic rings. The Morgan fingerprint density at radius 3 is 2.50 bits per heavy atom. The minimum atomic E-state index is -1.11. The van der Waals surface area contributed by atoms with Gasteiger partial charge in [0.1, 0.15) is 5.75 Å². The Morgan fingerprint density at radius 2 is 1.75 bits per heavy atom. The van der Waals surface area contributed by atoms with Crippen molar-refractivity contribution >= 4 is 34.1 Å². The molecule has 7 nitrogen and oxygen atoms in total. The number of anilines is 1. The van der Waals surface area contributed by atoms with E-state index in [4.69, 9.17) is 4.74 Å². The number of amides is 1. The molecule has 0 aliphatic rings. The van der Waals surface area contributed by atoms with E-state index in [0.29, 0.717) is 22.8 Å². The standard InChI is InChI=1S/C29H24N2O5/c1-2-3-8-26(32)22-11-10-21-17-23(13-12-20(21)16-22)36-28-14-9-19(18-30-28)15-27(33)31-25-7-5-4-6-24(25)29(34)35/h3-14,16-18H,2,15H2,1H3,(H,31,33)(H,34,35). The third kappa shape index (κ3) is 6.01. The van der Waals surface area contributed by atoms with E-state index in [1.54, 1.807) is 54.7 Å². The third-order valence-corrected chi connectivity index (χ3v) is 5.42. The summed E-state index contributed by atoms with van der Waals surface area (Å²) in [7, 11) is 0. The van der Waals surface area contributed by atoms with Gasteiger partial charge < -0.3 is 15.2 Å². The van der Waals surface area contributed by atoms with Gasteiger partial charge in [-0.15, -0.1) is 0 Å². The monoisotopic (exact) mass is 480 g/mol. The summed E-state index contributed by atoms with van der Waals surface area (Å²) in [6.45, 7) is 1.98. The molecular weight excluding hydrogens is 456 g/mol. The number of nitrogens with one attached hydrogen (secondary N) is 1. The second-order valence-electron chi connectivity index (χ2n) is 8.08. The van der Waals surface area contributed by atoms with Gasteiger partial charge in [-0.1, -0.05) is 49.4 Å². The molecule has 36 heavy (non-hydrogen) atoms. The van der Waals surface area contributed by atoms with Crippen molar-refractivity contribution in [2.75, 3.05) is 5.32 Å². The first-order valence-corrected chi connectivity index (χ1v) is 11.4. The average Bonchev–Trinajstić information content (AvgIpc) is 2.88. The molecule has 2 N–H and O–H groups in total. The Hall–Kier alpha value is -4.78. The number of aromatic carboxylic acids is 1. The largest absolute Gasteiger partial charge is 0.478 e. The summed E-state index contributed by atoms with van der Waals surface area (Å²) < 4.78 is 5.86. The maximum Gasteiger partial charge on any atom is 0.337 e. The van der Waals surface area contributed by atoms with Gasteiger partial charge in [0.2, 0.25) is 11.8 Å². The summed E-state index contributed by atoms with van der Waals surface area (Å²) >= 11 is 0. The van der Waals surface area contributed by atoms with Crippen LogP contribution in [0.4, 0.5) is 5.69 Å². The van der Waals surface area contributed by atoms with Crippen molar-refractivity contribution in [1.82, 2.24) is 4.98 Å². The predicted molar refractivity (Wildman–Crippen MR) is 138 cm³/mol. The van der Waals surface area contributed by atoms with Crippen LogP contribution in [0, 0.1) is 0 Å². The van der Waals surface area contributed by atoms with Gasteiger partial charge in [0, 0.05) is 17.8 Å². The van der Waals surface area contributed by atoms with Crippen molar-refractivity contribution in [3.63, 3.8) is 0 Å². The van der Waals surface area contributed by atoms with Crippen LogP contribution in [0.2, 0.25) is 0 Å². The van der Waals surface area contributed by atoms with Gasteiger partial charge in [-0.3, -0.25) is 9.59 Å². The molecule has 1 aromatic heterocycles. The van der Waals surface area contributed by atoms with Crippen molar-refractivity contribution in [3.8, 4) is 11.6 Å². The molecule has 0 radical (unpaired) electrons. The quantitative estimate of drug-likeness (QED) is 0.223. The number of fused-ring (bicyclic) bond motifs is 1. The number of hydrogen-bond donors (Lipinski definition) is 2. The Kier molecular flexibility index (Phi) is 7.51. The lowest BCUT2D eigenvalue weighted by atomic mass is 10.0. The molecule has 1 amide bonds. The lowest BCUT2D eigenvalue weighted by molar-refractivity contribution is -0.115. The number of aromatic nitrogens is 1. The molecule has 7 heteroatoms. The van der Waals surface area contributed by atoms with Crippen molar-refractivity contribution in [1.29, 1.82) is 0 Å². The summed E-state index contributed by atoms with van der Waals surface area (Å²) in [4.78, 5) is 40.2. The predicted octanol–water partition coefficient (Wildman–Crippen LogP) is 6.06. The minimum Gasteiger partial charge on any atom is -0.478 e. The lowest BCUT2D eigenvalue weighted by Gasteiger charge is -2.09. The number of hydrogen-bond acceptors (Lipinski definition) is 5. The van der Waals surface area contributed by atoms with E-state index >= 15 is 0 Å². The van der Waals surface area contributed by atoms with Crippen molar-refractivity contribution in [3.05, 3.63) is 108 Å². The van der Waals surface area contributed by atoms with Crippen LogP contribution in [0.1, 0.15) is 39.6 Å². The zero-order valence-corrected chi connectivity index (χ0v) is 19.6. The van der Waals surface area contributed by atoms with E-state index < -0.39 is 5.97 Å². The van der Waals surface area contributed by atoms with E-state index in [1.165, 1.54) is 6.07 Å². The molecule has 180 valence electrons. The lowest BCUT2D eigenvalue weighted by Crippen LogP contribution is -2.16. The molecule has 0 fully saturated rings.